The Morgan fingerprint density at radius 2 is 1.72 bits per heavy atom. The topological polar surface area (TPSA) is 48.5 Å². The van der Waals surface area contributed by atoms with E-state index in [9.17, 15) is 4.79 Å². The van der Waals surface area contributed by atoms with Gasteiger partial charge in [-0.3, -0.25) is 9.69 Å². The molecule has 5 rings (SSSR count). The first kappa shape index (κ1) is 20.3. The number of rotatable bonds is 5. The van der Waals surface area contributed by atoms with E-state index in [1.807, 2.05) is 66.9 Å². The van der Waals surface area contributed by atoms with Crippen LogP contribution in [0.15, 0.2) is 95.0 Å². The number of aliphatic imine (C=N–C) groups is 1. The van der Waals surface area contributed by atoms with Crippen LogP contribution in [0.2, 0.25) is 0 Å². The Kier molecular flexibility index (Phi) is 5.65. The van der Waals surface area contributed by atoms with Crippen molar-refractivity contribution in [2.45, 2.75) is 13.3 Å². The Morgan fingerprint density at radius 1 is 0.969 bits per heavy atom. The summed E-state index contributed by atoms with van der Waals surface area (Å²) in [5.41, 5.74) is 5.38. The van der Waals surface area contributed by atoms with Gasteiger partial charge in [0.15, 0.2) is 5.17 Å². The summed E-state index contributed by atoms with van der Waals surface area (Å²) in [5.74, 6) is 0.00472. The molecule has 0 bridgehead atoms. The third-order valence-electron chi connectivity index (χ3n) is 5.52. The van der Waals surface area contributed by atoms with E-state index in [0.29, 0.717) is 11.4 Å². The number of hydrogen-bond acceptors (Lipinski definition) is 3. The van der Waals surface area contributed by atoms with Crippen molar-refractivity contribution in [1.82, 2.24) is 9.88 Å². The molecule has 1 aromatic heterocycles. The molecule has 4 aromatic rings. The number of amides is 1. The maximum absolute atomic E-state index is 13.3. The largest absolute Gasteiger partial charge is 0.361 e. The number of hydrogen-bond donors (Lipinski definition) is 1. The highest BCUT2D eigenvalue weighted by Gasteiger charge is 2.33. The van der Waals surface area contributed by atoms with Crippen molar-refractivity contribution in [3.63, 3.8) is 0 Å². The number of aryl methyl sites for hydroxylation is 1. The van der Waals surface area contributed by atoms with Crippen LogP contribution in [0.3, 0.4) is 0 Å². The SMILES string of the molecule is Cc1ccc(/C=C2\SC(=Nc3ccccc3)N(CCc3c[nH]c4ccccc34)C2=O)cc1. The number of fused-ring (bicyclic) bond motifs is 1. The minimum atomic E-state index is 0.00472. The molecule has 0 unspecified atom stereocenters. The molecule has 4 nitrogen and oxygen atoms in total. The number of aromatic amines is 1. The second-order valence-corrected chi connectivity index (χ2v) is 8.83. The fourth-order valence-electron chi connectivity index (χ4n) is 3.79. The van der Waals surface area contributed by atoms with Gasteiger partial charge in [0.1, 0.15) is 0 Å². The van der Waals surface area contributed by atoms with E-state index in [1.165, 1.54) is 28.3 Å². The fraction of sp³-hybridized carbons (Fsp3) is 0.111. The maximum atomic E-state index is 13.3. The highest BCUT2D eigenvalue weighted by Crippen LogP contribution is 2.34. The molecule has 158 valence electrons. The Labute approximate surface area is 191 Å². The fourth-order valence-corrected chi connectivity index (χ4v) is 4.81. The predicted octanol–water partition coefficient (Wildman–Crippen LogP) is 6.32. The van der Waals surface area contributed by atoms with Gasteiger partial charge in [-0.2, -0.15) is 0 Å². The summed E-state index contributed by atoms with van der Waals surface area (Å²) in [5, 5.41) is 1.92. The molecule has 1 amide bonds. The molecule has 0 saturated carbocycles. The number of thioether (sulfide) groups is 1. The first-order valence-corrected chi connectivity index (χ1v) is 11.5. The first-order chi connectivity index (χ1) is 15.7. The van der Waals surface area contributed by atoms with Gasteiger partial charge in [-0.15, -0.1) is 0 Å². The molecule has 1 fully saturated rings. The molecule has 0 radical (unpaired) electrons. The van der Waals surface area contributed by atoms with E-state index >= 15 is 0 Å². The van der Waals surface area contributed by atoms with E-state index < -0.39 is 0 Å². The summed E-state index contributed by atoms with van der Waals surface area (Å²) in [7, 11) is 0. The highest BCUT2D eigenvalue weighted by atomic mass is 32.2. The second-order valence-electron chi connectivity index (χ2n) is 7.82. The molecule has 1 aliphatic rings. The van der Waals surface area contributed by atoms with E-state index in [1.54, 1.807) is 4.90 Å². The van der Waals surface area contributed by atoms with Gasteiger partial charge in [-0.05, 0) is 60.5 Å². The van der Waals surface area contributed by atoms with Crippen LogP contribution in [-0.2, 0) is 11.2 Å². The van der Waals surface area contributed by atoms with Crippen LogP contribution >= 0.6 is 11.8 Å². The number of para-hydroxylation sites is 2. The molecule has 1 N–H and O–H groups in total. The monoisotopic (exact) mass is 437 g/mol. The lowest BCUT2D eigenvalue weighted by Gasteiger charge is -2.15. The standard InChI is InChI=1S/C27H23N3OS/c1-19-11-13-20(14-12-19)17-25-26(31)30(27(32-25)29-22-7-3-2-4-8-22)16-15-21-18-28-24-10-6-5-9-23(21)24/h2-14,17-18,28H,15-16H2,1H3/b25-17-,29-27?. The lowest BCUT2D eigenvalue weighted by atomic mass is 10.1. The quantitative estimate of drug-likeness (QED) is 0.371. The van der Waals surface area contributed by atoms with Crippen molar-refractivity contribution >= 4 is 45.5 Å². The molecule has 0 aliphatic carbocycles. The van der Waals surface area contributed by atoms with Crippen LogP contribution in [0.5, 0.6) is 0 Å². The zero-order chi connectivity index (χ0) is 21.9. The summed E-state index contributed by atoms with van der Waals surface area (Å²) in [6.45, 7) is 2.63. The van der Waals surface area contributed by atoms with Crippen LogP contribution in [0.25, 0.3) is 17.0 Å². The molecular formula is C27H23N3OS. The van der Waals surface area contributed by atoms with Crippen molar-refractivity contribution < 1.29 is 4.79 Å². The van der Waals surface area contributed by atoms with Gasteiger partial charge in [0, 0.05) is 23.6 Å². The number of H-pyrrole nitrogens is 1. The first-order valence-electron chi connectivity index (χ1n) is 10.6. The highest BCUT2D eigenvalue weighted by molar-refractivity contribution is 8.18. The van der Waals surface area contributed by atoms with E-state index in [4.69, 9.17) is 4.99 Å². The summed E-state index contributed by atoms with van der Waals surface area (Å²) in [6, 6.07) is 26.2. The van der Waals surface area contributed by atoms with Crippen LogP contribution in [0.4, 0.5) is 5.69 Å². The zero-order valence-corrected chi connectivity index (χ0v) is 18.6. The third-order valence-corrected chi connectivity index (χ3v) is 6.53. The maximum Gasteiger partial charge on any atom is 0.266 e. The number of benzene rings is 3. The van der Waals surface area contributed by atoms with E-state index in [0.717, 1.165) is 28.4 Å². The Balaban J connectivity index is 1.45. The molecule has 1 saturated heterocycles. The lowest BCUT2D eigenvalue weighted by molar-refractivity contribution is -0.122. The molecule has 0 spiro atoms. The lowest BCUT2D eigenvalue weighted by Crippen LogP contribution is -2.31. The van der Waals surface area contributed by atoms with Gasteiger partial charge < -0.3 is 4.98 Å². The number of carbonyl (C=O) groups is 1. The second kappa shape index (κ2) is 8.89. The predicted molar refractivity (Wildman–Crippen MR) is 134 cm³/mol. The van der Waals surface area contributed by atoms with Gasteiger partial charge in [0.05, 0.1) is 10.6 Å². The number of aromatic nitrogens is 1. The van der Waals surface area contributed by atoms with Gasteiger partial charge in [0.2, 0.25) is 0 Å². The number of amidine groups is 1. The van der Waals surface area contributed by atoms with Crippen LogP contribution < -0.4 is 0 Å². The molecule has 1 aliphatic heterocycles. The van der Waals surface area contributed by atoms with Crippen LogP contribution in [-0.4, -0.2) is 27.5 Å². The Bertz CT molecular complexity index is 1320. The third kappa shape index (κ3) is 4.25. The molecule has 0 atom stereocenters. The van der Waals surface area contributed by atoms with Gasteiger partial charge in [-0.25, -0.2) is 4.99 Å². The average Bonchev–Trinajstić information content (AvgIpc) is 3.35. The summed E-state index contributed by atoms with van der Waals surface area (Å²) >= 11 is 1.44. The zero-order valence-electron chi connectivity index (χ0n) is 17.8. The Hall–Kier alpha value is -3.57. The van der Waals surface area contributed by atoms with Crippen molar-refractivity contribution in [2.24, 2.45) is 4.99 Å². The average molecular weight is 438 g/mol. The summed E-state index contributed by atoms with van der Waals surface area (Å²) < 4.78 is 0. The number of carbonyl (C=O) groups excluding carboxylic acids is 1. The van der Waals surface area contributed by atoms with Gasteiger partial charge in [0.25, 0.3) is 5.91 Å². The van der Waals surface area contributed by atoms with Gasteiger partial charge >= 0.3 is 0 Å². The summed E-state index contributed by atoms with van der Waals surface area (Å²) in [4.78, 5) is 24.0. The Morgan fingerprint density at radius 3 is 2.53 bits per heavy atom. The molecule has 3 aromatic carbocycles. The molecule has 2 heterocycles. The molecular weight excluding hydrogens is 414 g/mol. The number of nitrogens with zero attached hydrogens (tertiary/aromatic N) is 2. The number of nitrogens with one attached hydrogen (secondary N) is 1. The van der Waals surface area contributed by atoms with Crippen molar-refractivity contribution in [3.05, 3.63) is 107 Å². The van der Waals surface area contributed by atoms with Crippen molar-refractivity contribution in [2.75, 3.05) is 6.54 Å². The van der Waals surface area contributed by atoms with E-state index in [2.05, 4.69) is 36.2 Å². The molecule has 5 heteroatoms. The van der Waals surface area contributed by atoms with Crippen molar-refractivity contribution in [3.8, 4) is 0 Å². The molecule has 32 heavy (non-hydrogen) atoms. The smallest absolute Gasteiger partial charge is 0.266 e. The van der Waals surface area contributed by atoms with Crippen LogP contribution in [0.1, 0.15) is 16.7 Å². The van der Waals surface area contributed by atoms with Gasteiger partial charge in [-0.1, -0.05) is 66.2 Å². The minimum absolute atomic E-state index is 0.00472. The van der Waals surface area contributed by atoms with E-state index in [-0.39, 0.29) is 5.91 Å². The van der Waals surface area contributed by atoms with Crippen molar-refractivity contribution in [1.29, 1.82) is 0 Å². The van der Waals surface area contributed by atoms with Crippen LogP contribution in [0, 0.1) is 6.92 Å². The summed E-state index contributed by atoms with van der Waals surface area (Å²) in [6.07, 6.45) is 4.75. The normalized spacial score (nSPS) is 16.5. The minimum Gasteiger partial charge on any atom is -0.361 e.